The van der Waals surface area contributed by atoms with Gasteiger partial charge in [0.15, 0.2) is 0 Å². The van der Waals surface area contributed by atoms with Crippen molar-refractivity contribution in [2.45, 2.75) is 43.2 Å². The maximum atomic E-state index is 13.2. The monoisotopic (exact) mass is 398 g/mol. The Bertz CT molecular complexity index is 405. The highest BCUT2D eigenvalue weighted by Gasteiger charge is 2.75. The molecule has 1 aliphatic heterocycles. The van der Waals surface area contributed by atoms with Crippen LogP contribution in [-0.4, -0.2) is 56.8 Å². The predicted molar refractivity (Wildman–Crippen MR) is 57.8 cm³/mol. The molecule has 1 rings (SSSR count). The van der Waals surface area contributed by atoms with E-state index >= 15 is 0 Å². The van der Waals surface area contributed by atoms with Gasteiger partial charge in [0.2, 0.25) is 0 Å². The van der Waals surface area contributed by atoms with Crippen molar-refractivity contribution in [1.29, 1.82) is 0 Å². The van der Waals surface area contributed by atoms with Crippen LogP contribution in [0, 0.1) is 0 Å². The molecule has 14 heteroatoms. The van der Waals surface area contributed by atoms with Crippen LogP contribution >= 0.6 is 0 Å². The fourth-order valence-corrected chi connectivity index (χ4v) is 1.43. The Kier molecular flexibility index (Phi) is 6.57. The molecule has 25 heavy (non-hydrogen) atoms. The molecule has 0 amide bonds. The average Bonchev–Trinajstić information content (AvgIpc) is 2.46. The lowest BCUT2D eigenvalue weighted by molar-refractivity contribution is -0.466. The molecule has 0 unspecified atom stereocenters. The molecule has 4 nitrogen and oxygen atoms in total. The van der Waals surface area contributed by atoms with Gasteiger partial charge in [0.25, 0.3) is 0 Å². The first kappa shape index (κ1) is 22.2. The van der Waals surface area contributed by atoms with Crippen LogP contribution < -0.4 is 0 Å². The van der Waals surface area contributed by atoms with Crippen molar-refractivity contribution in [3.8, 4) is 0 Å². The number of hydrogen-bond acceptors (Lipinski definition) is 4. The molecule has 150 valence electrons. The summed E-state index contributed by atoms with van der Waals surface area (Å²) in [6.45, 7) is -6.67. The molecule has 1 saturated heterocycles. The highest BCUT2D eigenvalue weighted by Crippen LogP contribution is 2.47. The summed E-state index contributed by atoms with van der Waals surface area (Å²) in [5.74, 6) is -6.55. The van der Waals surface area contributed by atoms with E-state index in [4.69, 9.17) is 0 Å². The zero-order valence-corrected chi connectivity index (χ0v) is 12.2. The molecule has 0 spiro atoms. The summed E-state index contributed by atoms with van der Waals surface area (Å²) in [5.41, 5.74) is 0. The zero-order chi connectivity index (χ0) is 19.6. The number of ether oxygens (including phenoxy) is 4. The third-order valence-electron chi connectivity index (χ3n) is 2.74. The molecule has 0 aromatic rings. The minimum absolute atomic E-state index is 0.310. The molecule has 0 aromatic heterocycles. The molecule has 0 radical (unpaired) electrons. The standard InChI is InChI=1S/C11H12F10O4/c12-7(13)5-24-10(18,19)9(16,17)11(20,21)25-6-8(14,15)23-4-2-1-3-22-7/h1-6H2. The van der Waals surface area contributed by atoms with Crippen molar-refractivity contribution in [3.63, 3.8) is 0 Å². The fraction of sp³-hybridized carbons (Fsp3) is 1.00. The van der Waals surface area contributed by atoms with Crippen molar-refractivity contribution < 1.29 is 62.9 Å². The number of halogens is 10. The SMILES string of the molecule is FC1(F)COC(F)(F)C(F)(F)C(F)(F)OCC(F)(F)OCCCCO1. The van der Waals surface area contributed by atoms with Crippen LogP contribution in [0.5, 0.6) is 0 Å². The van der Waals surface area contributed by atoms with Crippen molar-refractivity contribution in [2.75, 3.05) is 26.4 Å². The van der Waals surface area contributed by atoms with E-state index < -0.39 is 56.8 Å². The van der Waals surface area contributed by atoms with E-state index in [-0.39, 0.29) is 12.8 Å². The molecule has 0 saturated carbocycles. The summed E-state index contributed by atoms with van der Waals surface area (Å²) in [6.07, 6.45) is -22.0. The molecule has 1 aliphatic rings. The van der Waals surface area contributed by atoms with Crippen LogP contribution in [0.2, 0.25) is 0 Å². The van der Waals surface area contributed by atoms with Crippen LogP contribution in [0.4, 0.5) is 43.9 Å². The summed E-state index contributed by atoms with van der Waals surface area (Å²) in [4.78, 5) is 0. The molecule has 0 atom stereocenters. The van der Waals surface area contributed by atoms with E-state index in [2.05, 4.69) is 18.9 Å². The van der Waals surface area contributed by atoms with Crippen molar-refractivity contribution in [1.82, 2.24) is 0 Å². The lowest BCUT2D eigenvalue weighted by atomic mass is 10.3. The van der Waals surface area contributed by atoms with Crippen molar-refractivity contribution >= 4 is 0 Å². The highest BCUT2D eigenvalue weighted by atomic mass is 19.4. The first-order valence-electron chi connectivity index (χ1n) is 6.57. The van der Waals surface area contributed by atoms with Gasteiger partial charge in [-0.05, 0) is 12.8 Å². The second kappa shape index (κ2) is 7.40. The molecule has 0 aliphatic carbocycles. The number of alkyl halides is 10. The summed E-state index contributed by atoms with van der Waals surface area (Å²) in [6, 6.07) is 0. The molecule has 0 aromatic carbocycles. The molecule has 0 bridgehead atoms. The summed E-state index contributed by atoms with van der Waals surface area (Å²) in [7, 11) is 0. The number of hydrogen-bond donors (Lipinski definition) is 0. The molecule has 1 heterocycles. The fourth-order valence-electron chi connectivity index (χ4n) is 1.43. The van der Waals surface area contributed by atoms with Crippen LogP contribution in [0.15, 0.2) is 0 Å². The summed E-state index contributed by atoms with van der Waals surface area (Å²) < 4.78 is 144. The molecule has 0 N–H and O–H groups in total. The summed E-state index contributed by atoms with van der Waals surface area (Å²) >= 11 is 0. The highest BCUT2D eigenvalue weighted by molar-refractivity contribution is 4.86. The minimum Gasteiger partial charge on any atom is -0.319 e. The maximum Gasteiger partial charge on any atom is 0.428 e. The Hall–Kier alpha value is -0.860. The largest absolute Gasteiger partial charge is 0.428 e. The third-order valence-corrected chi connectivity index (χ3v) is 2.74. The number of rotatable bonds is 0. The van der Waals surface area contributed by atoms with Gasteiger partial charge in [-0.2, -0.15) is 43.9 Å². The van der Waals surface area contributed by atoms with Crippen LogP contribution in [0.25, 0.3) is 0 Å². The van der Waals surface area contributed by atoms with Crippen LogP contribution in [-0.2, 0) is 18.9 Å². The lowest BCUT2D eigenvalue weighted by Crippen LogP contribution is -2.58. The van der Waals surface area contributed by atoms with E-state index in [0.717, 1.165) is 0 Å². The van der Waals surface area contributed by atoms with Gasteiger partial charge >= 0.3 is 30.4 Å². The van der Waals surface area contributed by atoms with Gasteiger partial charge in [0.1, 0.15) is 13.2 Å². The first-order chi connectivity index (χ1) is 11.1. The minimum atomic E-state index is -6.55. The van der Waals surface area contributed by atoms with Crippen LogP contribution in [0.3, 0.4) is 0 Å². The first-order valence-corrected chi connectivity index (χ1v) is 6.57. The Balaban J connectivity index is 3.04. The second-order valence-corrected chi connectivity index (χ2v) is 4.86. The maximum absolute atomic E-state index is 13.2. The van der Waals surface area contributed by atoms with E-state index in [1.807, 2.05) is 0 Å². The summed E-state index contributed by atoms with van der Waals surface area (Å²) in [5, 5.41) is 0. The molecular formula is C11H12F10O4. The lowest BCUT2D eigenvalue weighted by Gasteiger charge is -2.32. The van der Waals surface area contributed by atoms with E-state index in [1.165, 1.54) is 0 Å². The van der Waals surface area contributed by atoms with E-state index in [0.29, 0.717) is 0 Å². The molecule has 1 fully saturated rings. The van der Waals surface area contributed by atoms with Gasteiger partial charge in [0, 0.05) is 0 Å². The topological polar surface area (TPSA) is 36.9 Å². The Morgan fingerprint density at radius 3 is 1.12 bits per heavy atom. The quantitative estimate of drug-likeness (QED) is 0.581. The Morgan fingerprint density at radius 1 is 0.480 bits per heavy atom. The Labute approximate surface area is 133 Å². The second-order valence-electron chi connectivity index (χ2n) is 4.86. The van der Waals surface area contributed by atoms with Crippen molar-refractivity contribution in [3.05, 3.63) is 0 Å². The van der Waals surface area contributed by atoms with Crippen LogP contribution in [0.1, 0.15) is 12.8 Å². The normalized spacial score (nSPS) is 30.0. The van der Waals surface area contributed by atoms with Crippen molar-refractivity contribution in [2.24, 2.45) is 0 Å². The zero-order valence-electron chi connectivity index (χ0n) is 12.2. The predicted octanol–water partition coefficient (Wildman–Crippen LogP) is 3.85. The van der Waals surface area contributed by atoms with Gasteiger partial charge in [-0.25, -0.2) is 0 Å². The smallest absolute Gasteiger partial charge is 0.319 e. The van der Waals surface area contributed by atoms with Gasteiger partial charge in [-0.3, -0.25) is 0 Å². The van der Waals surface area contributed by atoms with Gasteiger partial charge in [-0.1, -0.05) is 0 Å². The average molecular weight is 398 g/mol. The molecular weight excluding hydrogens is 386 g/mol. The van der Waals surface area contributed by atoms with Gasteiger partial charge in [-0.15, -0.1) is 0 Å². The van der Waals surface area contributed by atoms with E-state index in [9.17, 15) is 43.9 Å². The Morgan fingerprint density at radius 2 is 0.800 bits per heavy atom. The van der Waals surface area contributed by atoms with Gasteiger partial charge in [0.05, 0.1) is 13.2 Å². The third kappa shape index (κ3) is 5.82. The van der Waals surface area contributed by atoms with Gasteiger partial charge < -0.3 is 18.9 Å². The van der Waals surface area contributed by atoms with E-state index in [1.54, 1.807) is 0 Å².